The summed E-state index contributed by atoms with van der Waals surface area (Å²) in [6.07, 6.45) is 3.24. The average Bonchev–Trinajstić information content (AvgIpc) is 3.39. The highest BCUT2D eigenvalue weighted by atomic mass is 32.1. The van der Waals surface area contributed by atoms with E-state index in [-0.39, 0.29) is 11.7 Å². The summed E-state index contributed by atoms with van der Waals surface area (Å²) in [5.74, 6) is -0.0274. The van der Waals surface area contributed by atoms with E-state index in [2.05, 4.69) is 21.6 Å². The topological polar surface area (TPSA) is 76.9 Å². The maximum absolute atomic E-state index is 12.4. The summed E-state index contributed by atoms with van der Waals surface area (Å²) in [7, 11) is 0. The molecule has 4 rings (SSSR count). The van der Waals surface area contributed by atoms with Gasteiger partial charge in [-0.2, -0.15) is 0 Å². The van der Waals surface area contributed by atoms with Crippen molar-refractivity contribution < 1.29 is 9.59 Å². The number of amides is 1. The van der Waals surface area contributed by atoms with E-state index in [4.69, 9.17) is 0 Å². The molecule has 0 aliphatic heterocycles. The Morgan fingerprint density at radius 1 is 1.00 bits per heavy atom. The molecule has 0 atom stereocenters. The lowest BCUT2D eigenvalue weighted by atomic mass is 10.0. The highest BCUT2D eigenvalue weighted by molar-refractivity contribution is 7.17. The number of hydrogen-bond donors (Lipinski definition) is 1. The van der Waals surface area contributed by atoms with Gasteiger partial charge in [-0.15, -0.1) is 21.5 Å². The minimum absolute atomic E-state index is 0.0806. The number of nitrogens with zero attached hydrogens (tertiary/aromatic N) is 3. The first-order chi connectivity index (χ1) is 13.6. The summed E-state index contributed by atoms with van der Waals surface area (Å²) in [5.41, 5.74) is 1.69. The lowest BCUT2D eigenvalue weighted by Gasteiger charge is -2.07. The first-order valence-corrected chi connectivity index (χ1v) is 9.67. The predicted octanol–water partition coefficient (Wildman–Crippen LogP) is 3.79. The molecule has 0 aliphatic rings. The third kappa shape index (κ3) is 3.84. The van der Waals surface area contributed by atoms with Gasteiger partial charge in [0.2, 0.25) is 0 Å². The lowest BCUT2D eigenvalue weighted by Crippen LogP contribution is -2.26. The molecule has 2 heterocycles. The Bertz CT molecular complexity index is 1150. The normalized spacial score (nSPS) is 10.9. The zero-order chi connectivity index (χ0) is 19.5. The maximum atomic E-state index is 12.4. The molecule has 0 unspecified atom stereocenters. The molecule has 0 radical (unpaired) electrons. The second kappa shape index (κ2) is 7.74. The number of hydrogen-bond acceptors (Lipinski definition) is 5. The van der Waals surface area contributed by atoms with Crippen molar-refractivity contribution in [3.63, 3.8) is 0 Å². The molecule has 1 N–H and O–H groups in total. The van der Waals surface area contributed by atoms with Gasteiger partial charge in [-0.25, -0.2) is 0 Å². The molecule has 0 saturated heterocycles. The number of nitrogens with one attached hydrogen (secondary N) is 1. The van der Waals surface area contributed by atoms with Crippen LogP contribution in [-0.4, -0.2) is 33.0 Å². The molecular formula is C21H18N4O2S. The van der Waals surface area contributed by atoms with E-state index in [1.165, 1.54) is 11.3 Å². The van der Waals surface area contributed by atoms with E-state index in [0.29, 0.717) is 18.7 Å². The van der Waals surface area contributed by atoms with Gasteiger partial charge in [-0.05, 0) is 53.6 Å². The van der Waals surface area contributed by atoms with Crippen molar-refractivity contribution >= 4 is 33.8 Å². The largest absolute Gasteiger partial charge is 0.350 e. The van der Waals surface area contributed by atoms with Gasteiger partial charge in [0, 0.05) is 23.5 Å². The number of ketones is 1. The predicted molar refractivity (Wildman–Crippen MR) is 110 cm³/mol. The summed E-state index contributed by atoms with van der Waals surface area (Å²) in [6, 6.07) is 15.6. The minimum atomic E-state index is -0.108. The van der Waals surface area contributed by atoms with E-state index in [1.54, 1.807) is 19.6 Å². The number of rotatable bonds is 6. The van der Waals surface area contributed by atoms with Crippen molar-refractivity contribution in [2.24, 2.45) is 0 Å². The van der Waals surface area contributed by atoms with Gasteiger partial charge in [-0.1, -0.05) is 18.2 Å². The van der Waals surface area contributed by atoms with Gasteiger partial charge in [0.1, 0.15) is 12.7 Å². The fraction of sp³-hybridized carbons (Fsp3) is 0.143. The van der Waals surface area contributed by atoms with Crippen LogP contribution in [0.15, 0.2) is 61.2 Å². The zero-order valence-electron chi connectivity index (χ0n) is 15.3. The first-order valence-electron chi connectivity index (χ1n) is 8.86. The summed E-state index contributed by atoms with van der Waals surface area (Å²) < 4.78 is 1.81. The SMILES string of the molecule is CC(=O)c1ccc(-c2ccc3cc(C(=O)NCCn4cnnc4)ccc3c2)s1. The molecule has 0 fully saturated rings. The molecule has 0 aliphatic carbocycles. The molecule has 0 saturated carbocycles. The van der Waals surface area contributed by atoms with E-state index in [9.17, 15) is 9.59 Å². The van der Waals surface area contributed by atoms with Crippen LogP contribution in [0.5, 0.6) is 0 Å². The fourth-order valence-corrected chi connectivity index (χ4v) is 3.86. The van der Waals surface area contributed by atoms with Crippen LogP contribution in [0.4, 0.5) is 0 Å². The summed E-state index contributed by atoms with van der Waals surface area (Å²) in [6.45, 7) is 2.71. The Labute approximate surface area is 165 Å². The Hall–Kier alpha value is -3.32. The number of fused-ring (bicyclic) bond motifs is 1. The van der Waals surface area contributed by atoms with Crippen molar-refractivity contribution in [1.82, 2.24) is 20.1 Å². The molecule has 1 amide bonds. The molecule has 2 aromatic heterocycles. The Balaban J connectivity index is 1.49. The van der Waals surface area contributed by atoms with Gasteiger partial charge in [0.25, 0.3) is 5.91 Å². The molecule has 6 nitrogen and oxygen atoms in total. The quantitative estimate of drug-likeness (QED) is 0.508. The van der Waals surface area contributed by atoms with Gasteiger partial charge in [0.05, 0.1) is 4.88 Å². The molecule has 0 spiro atoms. The van der Waals surface area contributed by atoms with Crippen LogP contribution in [0.3, 0.4) is 0 Å². The van der Waals surface area contributed by atoms with Crippen molar-refractivity contribution in [1.29, 1.82) is 0 Å². The number of benzene rings is 2. The second-order valence-corrected chi connectivity index (χ2v) is 7.54. The maximum Gasteiger partial charge on any atom is 0.251 e. The van der Waals surface area contributed by atoms with Crippen molar-refractivity contribution in [3.8, 4) is 10.4 Å². The molecule has 4 aromatic rings. The Kier molecular flexibility index (Phi) is 4.99. The summed E-state index contributed by atoms with van der Waals surface area (Å²) in [5, 5.41) is 12.4. The van der Waals surface area contributed by atoms with Crippen LogP contribution in [0, 0.1) is 0 Å². The zero-order valence-corrected chi connectivity index (χ0v) is 16.1. The average molecular weight is 390 g/mol. The van der Waals surface area contributed by atoms with E-state index in [0.717, 1.165) is 26.1 Å². The smallest absolute Gasteiger partial charge is 0.251 e. The number of thiophene rings is 1. The van der Waals surface area contributed by atoms with Crippen molar-refractivity contribution in [2.45, 2.75) is 13.5 Å². The number of carbonyl (C=O) groups excluding carboxylic acids is 2. The van der Waals surface area contributed by atoms with Crippen molar-refractivity contribution in [3.05, 3.63) is 71.6 Å². The summed E-state index contributed by atoms with van der Waals surface area (Å²) >= 11 is 1.49. The summed E-state index contributed by atoms with van der Waals surface area (Å²) in [4.78, 5) is 25.7. The van der Waals surface area contributed by atoms with Gasteiger partial charge < -0.3 is 9.88 Å². The number of aromatic nitrogens is 3. The molecular weight excluding hydrogens is 372 g/mol. The van der Waals surface area contributed by atoms with E-state index >= 15 is 0 Å². The standard InChI is InChI=1S/C21H18N4O2S/c1-14(26)19-6-7-20(28-19)17-4-2-16-11-18(5-3-15(16)10-17)21(27)22-8-9-25-12-23-24-13-25/h2-7,10-13H,8-9H2,1H3,(H,22,27). The van der Waals surface area contributed by atoms with Crippen molar-refractivity contribution in [2.75, 3.05) is 6.54 Å². The highest BCUT2D eigenvalue weighted by Gasteiger charge is 2.09. The van der Waals surface area contributed by atoms with Crippen LogP contribution < -0.4 is 5.32 Å². The van der Waals surface area contributed by atoms with Crippen LogP contribution >= 0.6 is 11.3 Å². The Morgan fingerprint density at radius 2 is 1.75 bits per heavy atom. The third-order valence-corrected chi connectivity index (χ3v) is 5.70. The van der Waals surface area contributed by atoms with E-state index in [1.807, 2.05) is 47.0 Å². The molecule has 140 valence electrons. The van der Waals surface area contributed by atoms with E-state index < -0.39 is 0 Å². The molecule has 0 bridgehead atoms. The fourth-order valence-electron chi connectivity index (χ4n) is 2.96. The van der Waals surface area contributed by atoms with Crippen LogP contribution in [0.1, 0.15) is 27.0 Å². The van der Waals surface area contributed by atoms with Crippen LogP contribution in [0.25, 0.3) is 21.2 Å². The van der Waals surface area contributed by atoms with Crippen LogP contribution in [-0.2, 0) is 6.54 Å². The number of Topliss-reactive ketones (excluding diaryl/α,β-unsaturated/α-hetero) is 1. The van der Waals surface area contributed by atoms with Gasteiger partial charge in [0.15, 0.2) is 5.78 Å². The number of carbonyl (C=O) groups is 2. The molecule has 28 heavy (non-hydrogen) atoms. The molecule has 2 aromatic carbocycles. The van der Waals surface area contributed by atoms with Gasteiger partial charge in [-0.3, -0.25) is 9.59 Å². The minimum Gasteiger partial charge on any atom is -0.350 e. The lowest BCUT2D eigenvalue weighted by molar-refractivity contribution is 0.0951. The van der Waals surface area contributed by atoms with Crippen LogP contribution in [0.2, 0.25) is 0 Å². The monoisotopic (exact) mass is 390 g/mol. The second-order valence-electron chi connectivity index (χ2n) is 6.45. The Morgan fingerprint density at radius 3 is 2.50 bits per heavy atom. The van der Waals surface area contributed by atoms with Gasteiger partial charge >= 0.3 is 0 Å². The highest BCUT2D eigenvalue weighted by Crippen LogP contribution is 2.31. The third-order valence-electron chi connectivity index (χ3n) is 4.46. The first kappa shape index (κ1) is 18.1. The molecule has 7 heteroatoms.